The van der Waals surface area contributed by atoms with Crippen molar-refractivity contribution in [2.45, 2.75) is 32.4 Å². The van der Waals surface area contributed by atoms with E-state index in [4.69, 9.17) is 21.3 Å². The van der Waals surface area contributed by atoms with Crippen molar-refractivity contribution in [2.24, 2.45) is 7.05 Å². The van der Waals surface area contributed by atoms with Crippen LogP contribution in [0.4, 0.5) is 11.4 Å². The van der Waals surface area contributed by atoms with Gasteiger partial charge in [-0.3, -0.25) is 9.36 Å². The molecule has 6 nitrogen and oxygen atoms in total. The molecule has 0 unspecified atom stereocenters. The van der Waals surface area contributed by atoms with Gasteiger partial charge in [0.1, 0.15) is 11.5 Å². The molecule has 0 bridgehead atoms. The average molecular weight is 453 g/mol. The van der Waals surface area contributed by atoms with Gasteiger partial charge in [-0.2, -0.15) is 0 Å². The summed E-state index contributed by atoms with van der Waals surface area (Å²) >= 11 is 6.56. The number of fused-ring (bicyclic) bond motifs is 1. The van der Waals surface area contributed by atoms with Crippen LogP contribution in [0.1, 0.15) is 29.8 Å². The summed E-state index contributed by atoms with van der Waals surface area (Å²) in [5, 5.41) is 4.02. The van der Waals surface area contributed by atoms with Crippen molar-refractivity contribution in [3.05, 3.63) is 74.7 Å². The zero-order valence-electron chi connectivity index (χ0n) is 19.1. The molecule has 1 heterocycles. The number of ether oxygens (including phenoxy) is 1. The number of anilines is 2. The van der Waals surface area contributed by atoms with Crippen molar-refractivity contribution >= 4 is 23.0 Å². The van der Waals surface area contributed by atoms with Crippen molar-refractivity contribution in [3.63, 3.8) is 0 Å². The molecule has 3 aromatic rings. The topological polar surface area (TPSA) is 59.4 Å². The van der Waals surface area contributed by atoms with Gasteiger partial charge >= 0.3 is 0 Å². The zero-order valence-corrected chi connectivity index (χ0v) is 19.9. The third-order valence-electron chi connectivity index (χ3n) is 6.05. The number of aryl methyl sites for hydroxylation is 1. The lowest BCUT2D eigenvalue weighted by Crippen LogP contribution is -2.31. The van der Waals surface area contributed by atoms with Gasteiger partial charge in [0.05, 0.1) is 22.9 Å². The van der Waals surface area contributed by atoms with Gasteiger partial charge in [0.15, 0.2) is 0 Å². The largest absolute Gasteiger partial charge is 0.378 e. The monoisotopic (exact) mass is 452 g/mol. The van der Waals surface area contributed by atoms with Gasteiger partial charge in [0.2, 0.25) is 0 Å². The molecule has 0 saturated heterocycles. The van der Waals surface area contributed by atoms with E-state index >= 15 is 0 Å². The van der Waals surface area contributed by atoms with E-state index < -0.39 is 0 Å². The standard InChI is InChI=1S/C25H29ClN4O2/c1-6-32-21-13-16-9-7-8-10-18(16)23(21)28-22-15(2)27-24(30(5)25(22)31)19-12-11-17(29(3)4)14-20(19)26/h7-12,14,21,23,28H,6,13H2,1-5H3/t21-,23+/m0/s1. The number of aromatic nitrogens is 2. The molecule has 0 radical (unpaired) electrons. The number of nitrogens with one attached hydrogen (secondary N) is 1. The molecule has 0 aliphatic heterocycles. The van der Waals surface area contributed by atoms with Crippen LogP contribution in [-0.4, -0.2) is 36.4 Å². The minimum absolute atomic E-state index is 0.0331. The summed E-state index contributed by atoms with van der Waals surface area (Å²) in [6, 6.07) is 13.9. The lowest BCUT2D eigenvalue weighted by Gasteiger charge is -2.24. The zero-order chi connectivity index (χ0) is 23.0. The first-order valence-corrected chi connectivity index (χ1v) is 11.2. The first kappa shape index (κ1) is 22.4. The van der Waals surface area contributed by atoms with Crippen LogP contribution in [0.25, 0.3) is 11.4 Å². The summed E-state index contributed by atoms with van der Waals surface area (Å²) in [6.07, 6.45) is 0.787. The van der Waals surface area contributed by atoms with Crippen LogP contribution in [0.15, 0.2) is 47.3 Å². The molecular weight excluding hydrogens is 424 g/mol. The van der Waals surface area contributed by atoms with Crippen molar-refractivity contribution in [1.82, 2.24) is 9.55 Å². The van der Waals surface area contributed by atoms with E-state index in [0.717, 1.165) is 17.7 Å². The third-order valence-corrected chi connectivity index (χ3v) is 6.36. The average Bonchev–Trinajstić information content (AvgIpc) is 3.11. The molecule has 0 amide bonds. The van der Waals surface area contributed by atoms with Crippen LogP contribution in [0.2, 0.25) is 5.02 Å². The molecule has 0 spiro atoms. The van der Waals surface area contributed by atoms with Gasteiger partial charge in [-0.25, -0.2) is 4.98 Å². The Hall–Kier alpha value is -2.83. The second-order valence-electron chi connectivity index (χ2n) is 8.34. The molecule has 1 N–H and O–H groups in total. The van der Waals surface area contributed by atoms with Gasteiger partial charge < -0.3 is 15.0 Å². The molecule has 2 atom stereocenters. The number of benzene rings is 2. The van der Waals surface area contributed by atoms with Crippen LogP contribution in [0, 0.1) is 6.92 Å². The van der Waals surface area contributed by atoms with Crippen LogP contribution in [0.5, 0.6) is 0 Å². The maximum absolute atomic E-state index is 13.4. The highest BCUT2D eigenvalue weighted by atomic mass is 35.5. The summed E-state index contributed by atoms with van der Waals surface area (Å²) in [4.78, 5) is 20.2. The number of hydrogen-bond donors (Lipinski definition) is 1. The van der Waals surface area contributed by atoms with E-state index in [0.29, 0.717) is 28.8 Å². The SMILES string of the molecule is CCO[C@H]1Cc2ccccc2[C@H]1Nc1c(C)nc(-c2ccc(N(C)C)cc2Cl)n(C)c1=O. The van der Waals surface area contributed by atoms with Crippen LogP contribution in [0.3, 0.4) is 0 Å². The van der Waals surface area contributed by atoms with E-state index in [1.54, 1.807) is 11.6 Å². The van der Waals surface area contributed by atoms with Crippen LogP contribution >= 0.6 is 11.6 Å². The molecule has 0 saturated carbocycles. The Morgan fingerprint density at radius 3 is 2.69 bits per heavy atom. The van der Waals surface area contributed by atoms with E-state index in [9.17, 15) is 4.79 Å². The summed E-state index contributed by atoms with van der Waals surface area (Å²) in [5.41, 5.74) is 5.11. The molecule has 2 aromatic carbocycles. The first-order valence-electron chi connectivity index (χ1n) is 10.8. The minimum atomic E-state index is -0.139. The van der Waals surface area contributed by atoms with Crippen molar-refractivity contribution < 1.29 is 4.74 Å². The predicted molar refractivity (Wildman–Crippen MR) is 131 cm³/mol. The Balaban J connectivity index is 1.73. The number of halogens is 1. The fraction of sp³-hybridized carbons (Fsp3) is 0.360. The fourth-order valence-electron chi connectivity index (χ4n) is 4.33. The molecule has 4 rings (SSSR count). The second-order valence-corrected chi connectivity index (χ2v) is 8.74. The quantitative estimate of drug-likeness (QED) is 0.592. The Morgan fingerprint density at radius 1 is 1.25 bits per heavy atom. The number of hydrogen-bond acceptors (Lipinski definition) is 5. The van der Waals surface area contributed by atoms with Gasteiger partial charge in [0, 0.05) is 45.4 Å². The lowest BCUT2D eigenvalue weighted by atomic mass is 10.1. The van der Waals surface area contributed by atoms with Gasteiger partial charge in [0.25, 0.3) is 5.56 Å². The summed E-state index contributed by atoms with van der Waals surface area (Å²) in [5.74, 6) is 0.543. The highest BCUT2D eigenvalue weighted by Crippen LogP contribution is 2.36. The van der Waals surface area contributed by atoms with E-state index in [1.807, 2.05) is 63.2 Å². The Kier molecular flexibility index (Phi) is 6.26. The van der Waals surface area contributed by atoms with Gasteiger partial charge in [-0.1, -0.05) is 35.9 Å². The smallest absolute Gasteiger partial charge is 0.277 e. The minimum Gasteiger partial charge on any atom is -0.378 e. The predicted octanol–water partition coefficient (Wildman–Crippen LogP) is 4.59. The van der Waals surface area contributed by atoms with Crippen LogP contribution < -0.4 is 15.8 Å². The molecule has 168 valence electrons. The second kappa shape index (κ2) is 8.96. The highest BCUT2D eigenvalue weighted by molar-refractivity contribution is 6.33. The maximum Gasteiger partial charge on any atom is 0.277 e. The molecule has 0 fully saturated rings. The molecule has 1 aromatic heterocycles. The van der Waals surface area contributed by atoms with Crippen molar-refractivity contribution in [1.29, 1.82) is 0 Å². The Labute approximate surface area is 193 Å². The van der Waals surface area contributed by atoms with Gasteiger partial charge in [-0.05, 0) is 43.2 Å². The molecule has 1 aliphatic rings. The first-order chi connectivity index (χ1) is 15.3. The maximum atomic E-state index is 13.4. The van der Waals surface area contributed by atoms with Gasteiger partial charge in [-0.15, -0.1) is 0 Å². The number of nitrogens with zero attached hydrogens (tertiary/aromatic N) is 3. The molecular formula is C25H29ClN4O2. The third kappa shape index (κ3) is 4.00. The van der Waals surface area contributed by atoms with E-state index in [1.165, 1.54) is 11.1 Å². The van der Waals surface area contributed by atoms with E-state index in [2.05, 4.69) is 17.4 Å². The summed E-state index contributed by atoms with van der Waals surface area (Å²) < 4.78 is 7.56. The summed E-state index contributed by atoms with van der Waals surface area (Å²) in [7, 11) is 5.65. The lowest BCUT2D eigenvalue weighted by molar-refractivity contribution is 0.0574. The summed E-state index contributed by atoms with van der Waals surface area (Å²) in [6.45, 7) is 4.46. The highest BCUT2D eigenvalue weighted by Gasteiger charge is 2.34. The molecule has 1 aliphatic carbocycles. The fourth-order valence-corrected chi connectivity index (χ4v) is 4.59. The molecule has 7 heteroatoms. The Morgan fingerprint density at radius 2 is 2.00 bits per heavy atom. The normalized spacial score (nSPS) is 17.3. The van der Waals surface area contributed by atoms with Crippen molar-refractivity contribution in [3.8, 4) is 11.4 Å². The Bertz CT molecular complexity index is 1210. The van der Waals surface area contributed by atoms with E-state index in [-0.39, 0.29) is 17.7 Å². The van der Waals surface area contributed by atoms with Crippen molar-refractivity contribution in [2.75, 3.05) is 30.9 Å². The number of rotatable bonds is 6. The molecule has 32 heavy (non-hydrogen) atoms. The van der Waals surface area contributed by atoms with Crippen LogP contribution in [-0.2, 0) is 18.2 Å².